The number of anilines is 1. The number of nitrogens with one attached hydrogen (secondary N) is 2. The van der Waals surface area contributed by atoms with E-state index in [9.17, 15) is 8.42 Å². The van der Waals surface area contributed by atoms with Gasteiger partial charge < -0.3 is 5.32 Å². The molecule has 0 saturated heterocycles. The second-order valence-corrected chi connectivity index (χ2v) is 7.06. The third-order valence-electron chi connectivity index (χ3n) is 3.63. The molecule has 0 spiro atoms. The largest absolute Gasteiger partial charge is 0.316 e. The Hall–Kier alpha value is -1.07. The van der Waals surface area contributed by atoms with Crippen LogP contribution in [0.5, 0.6) is 0 Å². The van der Waals surface area contributed by atoms with Crippen molar-refractivity contribution in [2.75, 3.05) is 11.8 Å². The smallest absolute Gasteiger partial charge is 0.235 e. The number of benzene rings is 1. The topological polar surface area (TPSA) is 58.2 Å². The first-order valence-electron chi connectivity index (χ1n) is 6.87. The third-order valence-corrected chi connectivity index (χ3v) is 5.48. The van der Waals surface area contributed by atoms with Crippen LogP contribution in [0.4, 0.5) is 5.69 Å². The van der Waals surface area contributed by atoms with Crippen LogP contribution >= 0.6 is 0 Å². The Balaban J connectivity index is 2.15. The molecule has 0 aromatic heterocycles. The van der Waals surface area contributed by atoms with E-state index in [-0.39, 0.29) is 5.25 Å². The van der Waals surface area contributed by atoms with Crippen LogP contribution in [0.2, 0.25) is 0 Å². The Morgan fingerprint density at radius 3 is 2.53 bits per heavy atom. The zero-order valence-corrected chi connectivity index (χ0v) is 12.2. The van der Waals surface area contributed by atoms with E-state index >= 15 is 0 Å². The van der Waals surface area contributed by atoms with Crippen molar-refractivity contribution in [1.29, 1.82) is 0 Å². The van der Waals surface area contributed by atoms with Gasteiger partial charge in [-0.25, -0.2) is 8.42 Å². The lowest BCUT2D eigenvalue weighted by Crippen LogP contribution is -2.30. The van der Waals surface area contributed by atoms with Crippen LogP contribution in [0, 0.1) is 0 Å². The van der Waals surface area contributed by atoms with Crippen LogP contribution in [0.1, 0.15) is 37.7 Å². The molecule has 1 saturated carbocycles. The van der Waals surface area contributed by atoms with Gasteiger partial charge >= 0.3 is 0 Å². The van der Waals surface area contributed by atoms with E-state index in [2.05, 4.69) is 10.0 Å². The zero-order valence-electron chi connectivity index (χ0n) is 11.4. The molecule has 1 aliphatic rings. The lowest BCUT2D eigenvalue weighted by Gasteiger charge is -2.23. The van der Waals surface area contributed by atoms with Gasteiger partial charge in [-0.3, -0.25) is 4.72 Å². The molecule has 1 aliphatic carbocycles. The number of para-hydroxylation sites is 1. The van der Waals surface area contributed by atoms with Crippen LogP contribution in [0.3, 0.4) is 0 Å². The summed E-state index contributed by atoms with van der Waals surface area (Å²) in [5, 5.41) is 2.82. The summed E-state index contributed by atoms with van der Waals surface area (Å²) in [5.41, 5.74) is 1.67. The second kappa shape index (κ2) is 6.39. The predicted octanol–water partition coefficient (Wildman–Crippen LogP) is 2.48. The van der Waals surface area contributed by atoms with Crippen molar-refractivity contribution in [2.45, 2.75) is 43.9 Å². The Morgan fingerprint density at radius 2 is 1.84 bits per heavy atom. The molecule has 4 nitrogen and oxygen atoms in total. The molecule has 2 rings (SSSR count). The Labute approximate surface area is 115 Å². The van der Waals surface area contributed by atoms with Gasteiger partial charge in [0.25, 0.3) is 0 Å². The first-order valence-corrected chi connectivity index (χ1v) is 8.42. The molecule has 0 aliphatic heterocycles. The standard InChI is InChI=1S/C14H22N2O2S/c1-15-11-12-7-5-6-10-14(12)16-19(17,18)13-8-3-2-4-9-13/h5-7,10,13,15-16H,2-4,8-9,11H2,1H3. The van der Waals surface area contributed by atoms with Gasteiger partial charge in [-0.2, -0.15) is 0 Å². The Morgan fingerprint density at radius 1 is 1.16 bits per heavy atom. The van der Waals surface area contributed by atoms with Gasteiger partial charge in [0.1, 0.15) is 0 Å². The summed E-state index contributed by atoms with van der Waals surface area (Å²) >= 11 is 0. The highest BCUT2D eigenvalue weighted by molar-refractivity contribution is 7.93. The second-order valence-electron chi connectivity index (χ2n) is 5.09. The minimum absolute atomic E-state index is 0.233. The molecule has 1 aromatic carbocycles. The van der Waals surface area contributed by atoms with Crippen molar-refractivity contribution < 1.29 is 8.42 Å². The third kappa shape index (κ3) is 3.70. The van der Waals surface area contributed by atoms with Gasteiger partial charge in [0.15, 0.2) is 0 Å². The fraction of sp³-hybridized carbons (Fsp3) is 0.571. The zero-order chi connectivity index (χ0) is 13.7. The fourth-order valence-electron chi connectivity index (χ4n) is 2.58. The van der Waals surface area contributed by atoms with Crippen LogP contribution < -0.4 is 10.0 Å². The van der Waals surface area contributed by atoms with Crippen LogP contribution in [0.15, 0.2) is 24.3 Å². The average molecular weight is 282 g/mol. The summed E-state index contributed by atoms with van der Waals surface area (Å²) in [6, 6.07) is 7.55. The molecule has 19 heavy (non-hydrogen) atoms. The lowest BCUT2D eigenvalue weighted by atomic mass is 10.0. The maximum Gasteiger partial charge on any atom is 0.235 e. The first kappa shape index (κ1) is 14.3. The monoisotopic (exact) mass is 282 g/mol. The molecule has 0 heterocycles. The molecule has 0 atom stereocenters. The highest BCUT2D eigenvalue weighted by atomic mass is 32.2. The molecule has 1 fully saturated rings. The van der Waals surface area contributed by atoms with Crippen LogP contribution in [0.25, 0.3) is 0 Å². The highest BCUT2D eigenvalue weighted by Crippen LogP contribution is 2.26. The highest BCUT2D eigenvalue weighted by Gasteiger charge is 2.27. The number of hydrogen-bond donors (Lipinski definition) is 2. The predicted molar refractivity (Wildman–Crippen MR) is 78.6 cm³/mol. The van der Waals surface area contributed by atoms with E-state index in [1.165, 1.54) is 0 Å². The minimum Gasteiger partial charge on any atom is -0.316 e. The van der Waals surface area contributed by atoms with Crippen LogP contribution in [-0.2, 0) is 16.6 Å². The van der Waals surface area contributed by atoms with Gasteiger partial charge in [0, 0.05) is 6.54 Å². The lowest BCUT2D eigenvalue weighted by molar-refractivity contribution is 0.486. The van der Waals surface area contributed by atoms with Gasteiger partial charge in [-0.1, -0.05) is 37.5 Å². The minimum atomic E-state index is -3.25. The van der Waals surface area contributed by atoms with E-state index in [1.807, 2.05) is 31.3 Å². The SMILES string of the molecule is CNCc1ccccc1NS(=O)(=O)C1CCCCC1. The molecule has 0 radical (unpaired) electrons. The number of hydrogen-bond acceptors (Lipinski definition) is 3. The van der Waals surface area contributed by atoms with Gasteiger partial charge in [-0.05, 0) is 31.5 Å². The summed E-state index contributed by atoms with van der Waals surface area (Å²) in [6.45, 7) is 0.656. The van der Waals surface area contributed by atoms with Crippen molar-refractivity contribution in [2.24, 2.45) is 0 Å². The van der Waals surface area contributed by atoms with Crippen molar-refractivity contribution >= 4 is 15.7 Å². The van der Waals surface area contributed by atoms with Crippen LogP contribution in [-0.4, -0.2) is 20.7 Å². The molecule has 2 N–H and O–H groups in total. The summed E-state index contributed by atoms with van der Waals surface area (Å²) in [6.07, 6.45) is 4.75. The van der Waals surface area contributed by atoms with Gasteiger partial charge in [0.2, 0.25) is 10.0 Å². The molecular weight excluding hydrogens is 260 g/mol. The molecule has 106 valence electrons. The van der Waals surface area contributed by atoms with E-state index in [4.69, 9.17) is 0 Å². The summed E-state index contributed by atoms with van der Waals surface area (Å²) in [4.78, 5) is 0. The maximum atomic E-state index is 12.4. The van der Waals surface area contributed by atoms with Gasteiger partial charge in [-0.15, -0.1) is 0 Å². The molecular formula is C14H22N2O2S. The quantitative estimate of drug-likeness (QED) is 0.872. The summed E-state index contributed by atoms with van der Waals surface area (Å²) in [7, 11) is -1.40. The molecule has 0 bridgehead atoms. The van der Waals surface area contributed by atoms with E-state index < -0.39 is 10.0 Å². The number of rotatable bonds is 5. The molecule has 0 amide bonds. The summed E-state index contributed by atoms with van der Waals surface area (Å²) < 4.78 is 27.5. The van der Waals surface area contributed by atoms with Crippen molar-refractivity contribution in [3.05, 3.63) is 29.8 Å². The van der Waals surface area contributed by atoms with E-state index in [0.29, 0.717) is 12.2 Å². The fourth-order valence-corrected chi connectivity index (χ4v) is 4.20. The maximum absolute atomic E-state index is 12.4. The summed E-state index contributed by atoms with van der Waals surface area (Å²) in [5.74, 6) is 0. The molecule has 5 heteroatoms. The van der Waals surface area contributed by atoms with Crippen molar-refractivity contribution in [1.82, 2.24) is 5.32 Å². The van der Waals surface area contributed by atoms with E-state index in [0.717, 1.165) is 37.7 Å². The normalized spacial score (nSPS) is 17.3. The van der Waals surface area contributed by atoms with Gasteiger partial charge in [0.05, 0.1) is 10.9 Å². The van der Waals surface area contributed by atoms with Crippen molar-refractivity contribution in [3.8, 4) is 0 Å². The number of sulfonamides is 1. The van der Waals surface area contributed by atoms with E-state index in [1.54, 1.807) is 0 Å². The molecule has 0 unspecified atom stereocenters. The average Bonchev–Trinajstić information content (AvgIpc) is 2.42. The molecule has 1 aromatic rings. The Bertz CT molecular complexity index is 508. The first-order chi connectivity index (χ1) is 9.13. The van der Waals surface area contributed by atoms with Crippen molar-refractivity contribution in [3.63, 3.8) is 0 Å². The Kier molecular flexibility index (Phi) is 4.82.